The quantitative estimate of drug-likeness (QED) is 0.790. The third-order valence-electron chi connectivity index (χ3n) is 3.27. The Morgan fingerprint density at radius 1 is 1.39 bits per heavy atom. The summed E-state index contributed by atoms with van der Waals surface area (Å²) >= 11 is 4.85. The van der Waals surface area contributed by atoms with Crippen molar-refractivity contribution in [3.8, 4) is 0 Å². The van der Waals surface area contributed by atoms with Gasteiger partial charge in [0.1, 0.15) is 16.5 Å². The van der Waals surface area contributed by atoms with Crippen molar-refractivity contribution in [3.63, 3.8) is 0 Å². The Bertz CT molecular complexity index is 409. The number of anilines is 1. The van der Waals surface area contributed by atoms with Crippen molar-refractivity contribution in [1.29, 1.82) is 0 Å². The van der Waals surface area contributed by atoms with Crippen LogP contribution in [0.4, 0.5) is 5.82 Å². The molecule has 5 nitrogen and oxygen atoms in total. The first kappa shape index (κ1) is 13.2. The molecule has 0 saturated carbocycles. The zero-order valence-electron chi connectivity index (χ0n) is 10.2. The molecule has 1 atom stereocenters. The molecule has 2 heterocycles. The minimum absolute atomic E-state index is 0.137. The van der Waals surface area contributed by atoms with Crippen molar-refractivity contribution in [3.05, 3.63) is 18.1 Å². The lowest BCUT2D eigenvalue weighted by atomic mass is 10.1. The van der Waals surface area contributed by atoms with Gasteiger partial charge in [-0.3, -0.25) is 0 Å². The van der Waals surface area contributed by atoms with Crippen molar-refractivity contribution in [2.45, 2.75) is 31.7 Å². The number of hydrogen-bond donors (Lipinski definition) is 2. The molecule has 1 aliphatic rings. The number of aliphatic hydroxyl groups excluding tert-OH is 1. The van der Waals surface area contributed by atoms with Gasteiger partial charge in [-0.25, -0.2) is 9.97 Å². The van der Waals surface area contributed by atoms with Crippen LogP contribution in [0.3, 0.4) is 0 Å². The van der Waals surface area contributed by atoms with Crippen LogP contribution in [0.25, 0.3) is 0 Å². The van der Waals surface area contributed by atoms with Gasteiger partial charge in [-0.2, -0.15) is 0 Å². The predicted molar refractivity (Wildman–Crippen MR) is 74.6 cm³/mol. The minimum atomic E-state index is 0.137. The van der Waals surface area contributed by atoms with Gasteiger partial charge < -0.3 is 15.7 Å². The van der Waals surface area contributed by atoms with Gasteiger partial charge in [0.25, 0.3) is 0 Å². The smallest absolute Gasteiger partial charge is 0.147 e. The zero-order valence-corrected chi connectivity index (χ0v) is 11.1. The molecule has 0 spiro atoms. The normalized spacial score (nSPS) is 20.5. The molecule has 0 bridgehead atoms. The summed E-state index contributed by atoms with van der Waals surface area (Å²) in [6.45, 7) is 1.06. The van der Waals surface area contributed by atoms with E-state index in [2.05, 4.69) is 14.9 Å². The number of nitrogens with two attached hydrogens (primary N) is 1. The highest BCUT2D eigenvalue weighted by Crippen LogP contribution is 2.21. The molecule has 1 fully saturated rings. The maximum Gasteiger partial charge on any atom is 0.147 e. The number of thiocarbonyl (C=S) groups is 1. The first-order chi connectivity index (χ1) is 8.72. The largest absolute Gasteiger partial charge is 0.394 e. The number of aliphatic hydroxyl groups is 1. The summed E-state index contributed by atoms with van der Waals surface area (Å²) in [5, 5.41) is 9.46. The summed E-state index contributed by atoms with van der Waals surface area (Å²) < 4.78 is 0. The van der Waals surface area contributed by atoms with Crippen molar-refractivity contribution in [2.75, 3.05) is 18.1 Å². The highest BCUT2D eigenvalue weighted by Gasteiger charge is 2.21. The summed E-state index contributed by atoms with van der Waals surface area (Å²) in [6.07, 6.45) is 7.75. The van der Waals surface area contributed by atoms with E-state index >= 15 is 0 Å². The maximum absolute atomic E-state index is 9.46. The fraction of sp³-hybridized carbons (Fsp3) is 0.583. The third kappa shape index (κ3) is 2.94. The molecule has 1 aromatic rings. The molecule has 6 heteroatoms. The summed E-state index contributed by atoms with van der Waals surface area (Å²) in [5.74, 6) is 0.788. The molecular weight excluding hydrogens is 248 g/mol. The van der Waals surface area contributed by atoms with Crippen LogP contribution in [0.1, 0.15) is 31.4 Å². The van der Waals surface area contributed by atoms with Crippen LogP contribution >= 0.6 is 12.2 Å². The van der Waals surface area contributed by atoms with Crippen molar-refractivity contribution >= 4 is 23.0 Å². The van der Waals surface area contributed by atoms with Crippen molar-refractivity contribution in [1.82, 2.24) is 9.97 Å². The second-order valence-electron chi connectivity index (χ2n) is 4.50. The van der Waals surface area contributed by atoms with Crippen molar-refractivity contribution in [2.24, 2.45) is 5.73 Å². The van der Waals surface area contributed by atoms with Crippen molar-refractivity contribution < 1.29 is 5.11 Å². The molecule has 18 heavy (non-hydrogen) atoms. The molecule has 1 aromatic heterocycles. The summed E-state index contributed by atoms with van der Waals surface area (Å²) in [5.41, 5.74) is 6.03. The third-order valence-corrected chi connectivity index (χ3v) is 3.48. The van der Waals surface area contributed by atoms with Crippen LogP contribution in [0, 0.1) is 0 Å². The molecule has 1 saturated heterocycles. The average Bonchev–Trinajstić information content (AvgIpc) is 2.63. The summed E-state index contributed by atoms with van der Waals surface area (Å²) in [6, 6.07) is 0.137. The Morgan fingerprint density at radius 2 is 2.22 bits per heavy atom. The highest BCUT2D eigenvalue weighted by molar-refractivity contribution is 7.80. The second-order valence-corrected chi connectivity index (χ2v) is 4.94. The van der Waals surface area contributed by atoms with Crippen LogP contribution in [0.5, 0.6) is 0 Å². The van der Waals surface area contributed by atoms with E-state index in [1.54, 1.807) is 12.4 Å². The van der Waals surface area contributed by atoms with Crippen LogP contribution in [-0.2, 0) is 0 Å². The molecule has 1 unspecified atom stereocenters. The maximum atomic E-state index is 9.46. The van der Waals surface area contributed by atoms with E-state index in [4.69, 9.17) is 18.0 Å². The van der Waals surface area contributed by atoms with Crippen LogP contribution < -0.4 is 10.6 Å². The van der Waals surface area contributed by atoms with E-state index in [-0.39, 0.29) is 17.6 Å². The molecule has 1 aliphatic heterocycles. The molecule has 3 N–H and O–H groups in total. The Kier molecular flexibility index (Phi) is 4.43. The lowest BCUT2D eigenvalue weighted by Gasteiger charge is -2.29. The van der Waals surface area contributed by atoms with Gasteiger partial charge >= 0.3 is 0 Å². The van der Waals surface area contributed by atoms with E-state index < -0.39 is 0 Å². The predicted octanol–water partition coefficient (Wildman–Crippen LogP) is 0.852. The minimum Gasteiger partial charge on any atom is -0.394 e. The van der Waals surface area contributed by atoms with Crippen LogP contribution in [-0.4, -0.2) is 39.3 Å². The monoisotopic (exact) mass is 266 g/mol. The topological polar surface area (TPSA) is 75.3 Å². The molecular formula is C12H18N4OS. The molecule has 2 rings (SSSR count). The number of aromatic nitrogens is 2. The van der Waals surface area contributed by atoms with Gasteiger partial charge in [0.05, 0.1) is 25.0 Å². The van der Waals surface area contributed by atoms with Gasteiger partial charge in [-0.15, -0.1) is 0 Å². The SMILES string of the molecule is NC(=S)c1cnc(N2CCCCCC2CO)cn1. The lowest BCUT2D eigenvalue weighted by molar-refractivity contribution is 0.254. The van der Waals surface area contributed by atoms with E-state index in [1.807, 2.05) is 0 Å². The van der Waals surface area contributed by atoms with Gasteiger partial charge in [-0.1, -0.05) is 25.1 Å². The van der Waals surface area contributed by atoms with Crippen LogP contribution in [0.2, 0.25) is 0 Å². The Morgan fingerprint density at radius 3 is 2.83 bits per heavy atom. The highest BCUT2D eigenvalue weighted by atomic mass is 32.1. The van der Waals surface area contributed by atoms with E-state index in [1.165, 1.54) is 6.42 Å². The average molecular weight is 266 g/mol. The number of rotatable bonds is 3. The molecule has 98 valence electrons. The molecule has 0 amide bonds. The Labute approximate surface area is 112 Å². The fourth-order valence-corrected chi connectivity index (χ4v) is 2.37. The number of hydrogen-bond acceptors (Lipinski definition) is 5. The van der Waals surface area contributed by atoms with Gasteiger partial charge in [0.15, 0.2) is 0 Å². The standard InChI is InChI=1S/C12H18N4OS/c13-12(18)10-6-15-11(7-14-10)16-5-3-1-2-4-9(16)8-17/h6-7,9,17H,1-5,8H2,(H2,13,18). The van der Waals surface area contributed by atoms with Gasteiger partial charge in [-0.05, 0) is 12.8 Å². The second kappa shape index (κ2) is 6.06. The van der Waals surface area contributed by atoms with E-state index in [9.17, 15) is 5.11 Å². The lowest BCUT2D eigenvalue weighted by Crippen LogP contribution is -2.38. The Hall–Kier alpha value is -1.27. The summed E-state index contributed by atoms with van der Waals surface area (Å²) in [4.78, 5) is 10.9. The number of nitrogens with zero attached hydrogens (tertiary/aromatic N) is 3. The zero-order chi connectivity index (χ0) is 13.0. The van der Waals surface area contributed by atoms with E-state index in [0.29, 0.717) is 5.69 Å². The first-order valence-corrected chi connectivity index (χ1v) is 6.62. The van der Waals surface area contributed by atoms with Crippen LogP contribution in [0.15, 0.2) is 12.4 Å². The van der Waals surface area contributed by atoms with Gasteiger partial charge in [0.2, 0.25) is 0 Å². The molecule has 0 aliphatic carbocycles. The molecule has 0 radical (unpaired) electrons. The summed E-state index contributed by atoms with van der Waals surface area (Å²) in [7, 11) is 0. The van der Waals surface area contributed by atoms with E-state index in [0.717, 1.165) is 31.6 Å². The fourth-order valence-electron chi connectivity index (χ4n) is 2.27. The Balaban J connectivity index is 2.19. The van der Waals surface area contributed by atoms with Gasteiger partial charge in [0, 0.05) is 6.54 Å². The molecule has 0 aromatic carbocycles. The first-order valence-electron chi connectivity index (χ1n) is 6.21.